The van der Waals surface area contributed by atoms with E-state index >= 15 is 0 Å². The van der Waals surface area contributed by atoms with Crippen LogP contribution in [0, 0.1) is 5.92 Å². The molecule has 1 aromatic heterocycles. The number of nitrogens with zero attached hydrogens (tertiary/aromatic N) is 3. The van der Waals surface area contributed by atoms with Gasteiger partial charge in [-0.15, -0.1) is 0 Å². The summed E-state index contributed by atoms with van der Waals surface area (Å²) in [5.74, 6) is 2.13. The number of allylic oxidation sites excluding steroid dienone is 9. The first-order chi connectivity index (χ1) is 31.3. The van der Waals surface area contributed by atoms with Crippen LogP contribution in [0.15, 0.2) is 231 Å². The zero-order valence-corrected chi connectivity index (χ0v) is 35.0. The van der Waals surface area contributed by atoms with Crippen molar-refractivity contribution in [3.8, 4) is 22.5 Å². The van der Waals surface area contributed by atoms with Crippen LogP contribution in [0.4, 0.5) is 0 Å². The van der Waals surface area contributed by atoms with Gasteiger partial charge in [-0.2, -0.15) is 0 Å². The average Bonchev–Trinajstić information content (AvgIpc) is 3.67. The van der Waals surface area contributed by atoms with Gasteiger partial charge in [-0.1, -0.05) is 225 Å². The van der Waals surface area contributed by atoms with Crippen molar-refractivity contribution in [2.75, 3.05) is 0 Å². The maximum absolute atomic E-state index is 5.41. The Kier molecular flexibility index (Phi) is 10.1. The van der Waals surface area contributed by atoms with E-state index in [2.05, 4.69) is 231 Å². The molecule has 0 amide bonds. The highest BCUT2D eigenvalue weighted by atomic mass is 15.0. The molecule has 300 valence electrons. The predicted molar refractivity (Wildman–Crippen MR) is 259 cm³/mol. The fourth-order valence-electron chi connectivity index (χ4n) is 10.0. The van der Waals surface area contributed by atoms with E-state index in [1.165, 1.54) is 61.2 Å². The lowest BCUT2D eigenvalue weighted by Crippen LogP contribution is -2.28. The number of rotatable bonds is 9. The van der Waals surface area contributed by atoms with Crippen molar-refractivity contribution in [3.63, 3.8) is 0 Å². The summed E-state index contributed by atoms with van der Waals surface area (Å²) in [6, 6.07) is 70.1. The SMILES string of the molecule is C1=CCCC(c2nc(C3=CC(C(=C(c4ccccc4)c4ccccc4)c4ccccc4)CC=C3)nc(-c3ccc4c(c3)C(c3ccccc3)(c3ccccc3)c3ccccc3-4)n2)=C1. The van der Waals surface area contributed by atoms with Crippen LogP contribution in [0.3, 0.4) is 0 Å². The van der Waals surface area contributed by atoms with Gasteiger partial charge in [0.05, 0.1) is 5.41 Å². The lowest BCUT2D eigenvalue weighted by molar-refractivity contribution is 0.768. The summed E-state index contributed by atoms with van der Waals surface area (Å²) >= 11 is 0. The molecule has 1 unspecified atom stereocenters. The second-order valence-corrected chi connectivity index (χ2v) is 16.5. The topological polar surface area (TPSA) is 38.7 Å². The molecule has 0 saturated heterocycles. The minimum atomic E-state index is -0.531. The summed E-state index contributed by atoms with van der Waals surface area (Å²) in [4.78, 5) is 16.0. The third kappa shape index (κ3) is 6.92. The summed E-state index contributed by atoms with van der Waals surface area (Å²) < 4.78 is 0. The first kappa shape index (κ1) is 38.2. The lowest BCUT2D eigenvalue weighted by atomic mass is 9.67. The molecule has 3 nitrogen and oxygen atoms in total. The molecule has 11 rings (SSSR count). The molecule has 0 saturated carbocycles. The monoisotopic (exact) mass is 807 g/mol. The smallest absolute Gasteiger partial charge is 0.164 e. The van der Waals surface area contributed by atoms with Gasteiger partial charge in [-0.05, 0) is 92.1 Å². The van der Waals surface area contributed by atoms with Crippen LogP contribution in [0.5, 0.6) is 0 Å². The van der Waals surface area contributed by atoms with Crippen molar-refractivity contribution >= 4 is 22.3 Å². The van der Waals surface area contributed by atoms with Crippen molar-refractivity contribution < 1.29 is 0 Å². The van der Waals surface area contributed by atoms with Crippen molar-refractivity contribution in [2.24, 2.45) is 5.92 Å². The van der Waals surface area contributed by atoms with Crippen molar-refractivity contribution in [1.29, 1.82) is 0 Å². The van der Waals surface area contributed by atoms with Crippen LogP contribution in [0.1, 0.15) is 69.9 Å². The Bertz CT molecular complexity index is 3020. The fraction of sp³-hybridized carbons (Fsp3) is 0.0833. The minimum absolute atomic E-state index is 0.0548. The molecule has 3 aliphatic rings. The molecule has 7 aromatic carbocycles. The normalized spacial score (nSPS) is 15.8. The molecule has 1 atom stereocenters. The Labute approximate surface area is 369 Å². The zero-order chi connectivity index (χ0) is 42.0. The van der Waals surface area contributed by atoms with Crippen molar-refractivity contribution in [1.82, 2.24) is 15.0 Å². The Hall–Kier alpha value is -7.75. The predicted octanol–water partition coefficient (Wildman–Crippen LogP) is 14.3. The van der Waals surface area contributed by atoms with E-state index in [4.69, 9.17) is 15.0 Å². The number of hydrogen-bond acceptors (Lipinski definition) is 3. The van der Waals surface area contributed by atoms with Crippen LogP contribution in [0.25, 0.3) is 44.8 Å². The lowest BCUT2D eigenvalue weighted by Gasteiger charge is -2.34. The molecule has 0 fully saturated rings. The molecule has 0 radical (unpaired) electrons. The standard InChI is InChI=1S/C60H45N3/c1-7-22-42(23-8-1)55(43-24-9-2-10-25-43)56(44-26-11-3-12-27-44)46-30-21-31-47(40-46)58-61-57(45-28-13-4-14-29-45)62-59(63-58)48-38-39-52-51-36-19-20-37-53(51)60(54(52)41-48,49-32-15-5-16-33-49)50-34-17-6-18-35-50/h1-13,15-28,31-41,46H,14,29-30H2. The van der Waals surface area contributed by atoms with E-state index in [9.17, 15) is 0 Å². The van der Waals surface area contributed by atoms with Gasteiger partial charge in [-0.25, -0.2) is 15.0 Å². The molecule has 1 heterocycles. The molecular weight excluding hydrogens is 763 g/mol. The van der Waals surface area contributed by atoms with E-state index in [0.717, 1.165) is 41.8 Å². The summed E-state index contributed by atoms with van der Waals surface area (Å²) in [5, 5.41) is 0. The maximum atomic E-state index is 5.41. The summed E-state index contributed by atoms with van der Waals surface area (Å²) in [5.41, 5.74) is 16.1. The second-order valence-electron chi connectivity index (χ2n) is 16.5. The van der Waals surface area contributed by atoms with E-state index in [0.29, 0.717) is 11.6 Å². The highest BCUT2D eigenvalue weighted by Gasteiger charge is 2.46. The van der Waals surface area contributed by atoms with Crippen LogP contribution in [-0.4, -0.2) is 15.0 Å². The molecule has 0 aliphatic heterocycles. The number of aromatic nitrogens is 3. The van der Waals surface area contributed by atoms with Gasteiger partial charge in [0.25, 0.3) is 0 Å². The van der Waals surface area contributed by atoms with Crippen molar-refractivity contribution in [3.05, 3.63) is 281 Å². The van der Waals surface area contributed by atoms with E-state index in [-0.39, 0.29) is 5.92 Å². The molecule has 3 heteroatoms. The largest absolute Gasteiger partial charge is 0.209 e. The number of fused-ring (bicyclic) bond motifs is 3. The van der Waals surface area contributed by atoms with Crippen molar-refractivity contribution in [2.45, 2.75) is 24.7 Å². The third-order valence-electron chi connectivity index (χ3n) is 12.8. The first-order valence-electron chi connectivity index (χ1n) is 22.0. The van der Waals surface area contributed by atoms with Crippen LogP contribution in [0.2, 0.25) is 0 Å². The van der Waals surface area contributed by atoms with E-state index in [1.807, 2.05) is 0 Å². The molecule has 0 bridgehead atoms. The summed E-state index contributed by atoms with van der Waals surface area (Å²) in [6.45, 7) is 0. The van der Waals surface area contributed by atoms with Gasteiger partial charge < -0.3 is 0 Å². The maximum Gasteiger partial charge on any atom is 0.164 e. The van der Waals surface area contributed by atoms with Crippen LogP contribution < -0.4 is 0 Å². The zero-order valence-electron chi connectivity index (χ0n) is 35.0. The van der Waals surface area contributed by atoms with Gasteiger partial charge >= 0.3 is 0 Å². The minimum Gasteiger partial charge on any atom is -0.209 e. The molecule has 0 N–H and O–H groups in total. The Morgan fingerprint density at radius 3 is 1.68 bits per heavy atom. The highest BCUT2D eigenvalue weighted by Crippen LogP contribution is 2.56. The van der Waals surface area contributed by atoms with Gasteiger partial charge in [0, 0.05) is 17.1 Å². The van der Waals surface area contributed by atoms with Gasteiger partial charge in [0.2, 0.25) is 0 Å². The fourth-order valence-corrected chi connectivity index (χ4v) is 10.0. The Morgan fingerprint density at radius 2 is 1.05 bits per heavy atom. The Balaban J connectivity index is 1.11. The van der Waals surface area contributed by atoms with E-state index < -0.39 is 5.41 Å². The van der Waals surface area contributed by atoms with E-state index in [1.54, 1.807) is 0 Å². The van der Waals surface area contributed by atoms with Gasteiger partial charge in [-0.3, -0.25) is 0 Å². The number of benzene rings is 7. The summed E-state index contributed by atoms with van der Waals surface area (Å²) in [7, 11) is 0. The molecular formula is C60H45N3. The quantitative estimate of drug-likeness (QED) is 0.136. The molecule has 63 heavy (non-hydrogen) atoms. The highest BCUT2D eigenvalue weighted by molar-refractivity contribution is 6.00. The third-order valence-corrected chi connectivity index (χ3v) is 12.8. The Morgan fingerprint density at radius 1 is 0.492 bits per heavy atom. The van der Waals surface area contributed by atoms with Gasteiger partial charge in [0.1, 0.15) is 0 Å². The first-order valence-corrected chi connectivity index (χ1v) is 22.0. The average molecular weight is 808 g/mol. The van der Waals surface area contributed by atoms with Gasteiger partial charge in [0.15, 0.2) is 17.5 Å². The number of hydrogen-bond donors (Lipinski definition) is 0. The van der Waals surface area contributed by atoms with Crippen LogP contribution in [-0.2, 0) is 5.41 Å². The second kappa shape index (κ2) is 16.6. The van der Waals surface area contributed by atoms with Crippen LogP contribution >= 0.6 is 0 Å². The summed E-state index contributed by atoms with van der Waals surface area (Å²) in [6.07, 6.45) is 16.1. The molecule has 0 spiro atoms. The molecule has 8 aromatic rings. The molecule has 3 aliphatic carbocycles.